The van der Waals surface area contributed by atoms with E-state index < -0.39 is 27.6 Å². The standard InChI is InChI=1S/C28H30N6O6S/c1-39-28(40-2)9-10-34(17-25(28)35)26-6-4-5-22(33-26)23-8-7-18-14-30-20(12-24(18)32-23)15-31-27(36)19-11-21(16-29-13-19)41(3,37)38/h4-8,11-14,16,25,35H,9-10,15,17H2,1-3H3,(H,31,36)/t25-/m1/s1. The van der Waals surface area contributed by atoms with Gasteiger partial charge in [0.15, 0.2) is 15.6 Å². The molecular formula is C28H30N6O6S. The van der Waals surface area contributed by atoms with Gasteiger partial charge >= 0.3 is 0 Å². The van der Waals surface area contributed by atoms with Gasteiger partial charge in [-0.3, -0.25) is 14.8 Å². The lowest BCUT2D eigenvalue weighted by atomic mass is 10.00. The summed E-state index contributed by atoms with van der Waals surface area (Å²) in [7, 11) is -0.435. The fourth-order valence-corrected chi connectivity index (χ4v) is 5.32. The van der Waals surface area contributed by atoms with Gasteiger partial charge in [-0.15, -0.1) is 0 Å². The number of sulfone groups is 1. The number of amides is 1. The van der Waals surface area contributed by atoms with E-state index in [-0.39, 0.29) is 17.0 Å². The van der Waals surface area contributed by atoms with E-state index in [4.69, 9.17) is 19.4 Å². The Morgan fingerprint density at radius 3 is 2.61 bits per heavy atom. The van der Waals surface area contributed by atoms with Gasteiger partial charge in [0, 0.05) is 57.4 Å². The van der Waals surface area contributed by atoms with Gasteiger partial charge in [-0.1, -0.05) is 6.07 Å². The van der Waals surface area contributed by atoms with E-state index in [1.165, 1.54) is 32.7 Å². The lowest BCUT2D eigenvalue weighted by Crippen LogP contribution is -2.57. The summed E-state index contributed by atoms with van der Waals surface area (Å²) < 4.78 is 34.5. The first-order chi connectivity index (χ1) is 19.6. The van der Waals surface area contributed by atoms with Crippen LogP contribution in [0.3, 0.4) is 0 Å². The quantitative estimate of drug-likeness (QED) is 0.295. The zero-order chi connectivity index (χ0) is 29.2. The van der Waals surface area contributed by atoms with E-state index in [0.717, 1.165) is 11.6 Å². The number of aromatic nitrogens is 4. The Kier molecular flexibility index (Phi) is 7.95. The molecule has 4 aromatic heterocycles. The van der Waals surface area contributed by atoms with Crippen LogP contribution >= 0.6 is 0 Å². The number of nitrogens with one attached hydrogen (secondary N) is 1. The smallest absolute Gasteiger partial charge is 0.253 e. The molecule has 12 nitrogen and oxygen atoms in total. The van der Waals surface area contributed by atoms with E-state index in [2.05, 4.69) is 15.3 Å². The maximum absolute atomic E-state index is 12.6. The summed E-state index contributed by atoms with van der Waals surface area (Å²) in [6, 6.07) is 12.5. The lowest BCUT2D eigenvalue weighted by Gasteiger charge is -2.43. The van der Waals surface area contributed by atoms with Gasteiger partial charge < -0.3 is 24.8 Å². The van der Waals surface area contributed by atoms with E-state index in [1.54, 1.807) is 12.3 Å². The molecule has 0 bridgehead atoms. The second-order valence-electron chi connectivity index (χ2n) is 9.74. The summed E-state index contributed by atoms with van der Waals surface area (Å²) >= 11 is 0. The maximum atomic E-state index is 12.6. The third kappa shape index (κ3) is 6.03. The summed E-state index contributed by atoms with van der Waals surface area (Å²) in [6.45, 7) is 1.01. The molecule has 5 heterocycles. The predicted molar refractivity (Wildman–Crippen MR) is 151 cm³/mol. The number of carbonyl (C=O) groups excluding carboxylic acids is 1. The molecule has 0 unspecified atom stereocenters. The van der Waals surface area contributed by atoms with Gasteiger partial charge in [0.05, 0.1) is 46.1 Å². The van der Waals surface area contributed by atoms with Gasteiger partial charge in [0.1, 0.15) is 11.9 Å². The number of aliphatic hydroxyl groups excluding tert-OH is 1. The molecule has 0 radical (unpaired) electrons. The van der Waals surface area contributed by atoms with Gasteiger partial charge in [0.2, 0.25) is 0 Å². The molecule has 1 atom stereocenters. The van der Waals surface area contributed by atoms with Crippen molar-refractivity contribution in [2.45, 2.75) is 29.8 Å². The highest BCUT2D eigenvalue weighted by molar-refractivity contribution is 7.90. The Morgan fingerprint density at radius 1 is 1.10 bits per heavy atom. The van der Waals surface area contributed by atoms with Crippen LogP contribution in [0.1, 0.15) is 22.5 Å². The SMILES string of the molecule is COC1(OC)CCN(c2cccc(-c3ccc4cnc(CNC(=O)c5cncc(S(C)(=O)=O)c5)cc4n3)n2)C[C@H]1O. The molecule has 0 spiro atoms. The monoisotopic (exact) mass is 578 g/mol. The van der Waals surface area contributed by atoms with Gasteiger partial charge in [-0.2, -0.15) is 0 Å². The van der Waals surface area contributed by atoms with E-state index in [9.17, 15) is 18.3 Å². The summed E-state index contributed by atoms with van der Waals surface area (Å²) in [5, 5.41) is 14.2. The van der Waals surface area contributed by atoms with Crippen LogP contribution in [-0.2, 0) is 25.9 Å². The van der Waals surface area contributed by atoms with E-state index in [0.29, 0.717) is 47.9 Å². The predicted octanol–water partition coefficient (Wildman–Crippen LogP) is 1.98. The number of rotatable bonds is 8. The largest absolute Gasteiger partial charge is 0.386 e. The van der Waals surface area contributed by atoms with Crippen molar-refractivity contribution in [1.29, 1.82) is 0 Å². The highest BCUT2D eigenvalue weighted by atomic mass is 32.2. The van der Waals surface area contributed by atoms with Crippen LogP contribution < -0.4 is 10.2 Å². The third-order valence-corrected chi connectivity index (χ3v) is 8.19. The average molecular weight is 579 g/mol. The summed E-state index contributed by atoms with van der Waals surface area (Å²) in [6.07, 6.45) is 4.88. The Labute approximate surface area is 237 Å². The van der Waals surface area contributed by atoms with Crippen molar-refractivity contribution in [3.8, 4) is 11.4 Å². The molecule has 1 aliphatic rings. The number of hydrogen-bond donors (Lipinski definition) is 2. The number of piperidine rings is 1. The van der Waals surface area contributed by atoms with Gasteiger partial charge in [0.25, 0.3) is 5.91 Å². The lowest BCUT2D eigenvalue weighted by molar-refractivity contribution is -0.264. The van der Waals surface area contributed by atoms with Crippen LogP contribution in [0, 0.1) is 0 Å². The highest BCUT2D eigenvalue weighted by Crippen LogP contribution is 2.30. The molecule has 5 rings (SSSR count). The number of aliphatic hydroxyl groups is 1. The molecular weight excluding hydrogens is 548 g/mol. The number of ether oxygens (including phenoxy) is 2. The molecule has 2 N–H and O–H groups in total. The minimum absolute atomic E-state index is 0.0297. The van der Waals surface area contributed by atoms with Crippen molar-refractivity contribution in [2.75, 3.05) is 38.5 Å². The second-order valence-corrected chi connectivity index (χ2v) is 11.8. The Bertz CT molecular complexity index is 1690. The first-order valence-electron chi connectivity index (χ1n) is 12.8. The van der Waals surface area contributed by atoms with E-state index >= 15 is 0 Å². The fourth-order valence-electron chi connectivity index (χ4n) is 4.72. The Hall–Kier alpha value is -4.04. The van der Waals surface area contributed by atoms with Crippen molar-refractivity contribution < 1.29 is 27.8 Å². The molecule has 0 saturated carbocycles. The van der Waals surface area contributed by atoms with Crippen LogP contribution in [0.25, 0.3) is 22.3 Å². The average Bonchev–Trinajstić information content (AvgIpc) is 2.99. The molecule has 1 fully saturated rings. The Morgan fingerprint density at radius 2 is 1.88 bits per heavy atom. The van der Waals surface area contributed by atoms with Crippen molar-refractivity contribution in [3.05, 3.63) is 72.3 Å². The molecule has 0 aromatic carbocycles. The van der Waals surface area contributed by atoms with Crippen molar-refractivity contribution in [3.63, 3.8) is 0 Å². The summed E-state index contributed by atoms with van der Waals surface area (Å²) in [4.78, 5) is 32.4. The number of pyridine rings is 4. The highest BCUT2D eigenvalue weighted by Gasteiger charge is 2.43. The normalized spacial score (nSPS) is 17.0. The molecule has 4 aromatic rings. The zero-order valence-corrected chi connectivity index (χ0v) is 23.6. The van der Waals surface area contributed by atoms with Crippen LogP contribution in [0.2, 0.25) is 0 Å². The second kappa shape index (κ2) is 11.4. The number of fused-ring (bicyclic) bond motifs is 1. The number of carbonyl (C=O) groups is 1. The maximum Gasteiger partial charge on any atom is 0.253 e. The first kappa shape index (κ1) is 28.5. The molecule has 1 aliphatic heterocycles. The number of nitrogens with zero attached hydrogens (tertiary/aromatic N) is 5. The van der Waals surface area contributed by atoms with Crippen molar-refractivity contribution in [1.82, 2.24) is 25.3 Å². The molecule has 13 heteroatoms. The first-order valence-corrected chi connectivity index (χ1v) is 14.7. The van der Waals surface area contributed by atoms with Crippen molar-refractivity contribution >= 4 is 32.5 Å². The van der Waals surface area contributed by atoms with Crippen LogP contribution in [0.4, 0.5) is 5.82 Å². The molecule has 0 aliphatic carbocycles. The minimum Gasteiger partial charge on any atom is -0.386 e. The van der Waals surface area contributed by atoms with Crippen LogP contribution in [0.15, 0.2) is 66.0 Å². The summed E-state index contributed by atoms with van der Waals surface area (Å²) in [5.41, 5.74) is 2.71. The fraction of sp³-hybridized carbons (Fsp3) is 0.321. The van der Waals surface area contributed by atoms with E-state index in [1.807, 2.05) is 35.2 Å². The zero-order valence-electron chi connectivity index (χ0n) is 22.8. The van der Waals surface area contributed by atoms with Crippen molar-refractivity contribution in [2.24, 2.45) is 0 Å². The topological polar surface area (TPSA) is 157 Å². The summed E-state index contributed by atoms with van der Waals surface area (Å²) in [5.74, 6) is -0.795. The number of anilines is 1. The van der Waals surface area contributed by atoms with Gasteiger partial charge in [-0.25, -0.2) is 18.4 Å². The number of β-amino-alcohol motifs (C(OH)–C–C–N with tert-alkyl or cyclic N) is 1. The van der Waals surface area contributed by atoms with Gasteiger partial charge in [-0.05, 0) is 36.4 Å². The Balaban J connectivity index is 1.32. The molecule has 1 saturated heterocycles. The van der Waals surface area contributed by atoms with Crippen LogP contribution in [0.5, 0.6) is 0 Å². The number of methoxy groups -OCH3 is 2. The molecule has 1 amide bonds. The molecule has 214 valence electrons. The number of hydrogen-bond acceptors (Lipinski definition) is 11. The van der Waals surface area contributed by atoms with Crippen LogP contribution in [-0.4, -0.2) is 84.8 Å². The minimum atomic E-state index is -3.49. The third-order valence-electron chi connectivity index (χ3n) is 7.11. The molecule has 41 heavy (non-hydrogen) atoms.